The number of carbonyl (C=O) groups excluding carboxylic acids is 2. The van der Waals surface area contributed by atoms with E-state index in [-0.39, 0.29) is 11.9 Å². The predicted molar refractivity (Wildman–Crippen MR) is 78.2 cm³/mol. The zero-order valence-corrected chi connectivity index (χ0v) is 12.5. The van der Waals surface area contributed by atoms with E-state index in [1.807, 2.05) is 38.2 Å². The molecule has 6 nitrogen and oxygen atoms in total. The van der Waals surface area contributed by atoms with Gasteiger partial charge in [-0.05, 0) is 31.2 Å². The average molecular weight is 292 g/mol. The summed E-state index contributed by atoms with van der Waals surface area (Å²) in [5, 5.41) is 2.63. The Morgan fingerprint density at radius 3 is 2.67 bits per heavy atom. The number of nitrogens with zero attached hydrogens (tertiary/aromatic N) is 1. The van der Waals surface area contributed by atoms with Crippen molar-refractivity contribution in [2.45, 2.75) is 13.5 Å². The number of likely N-dealkylation sites (N-methyl/N-ethyl adjacent to an activating group) is 1. The number of nitrogens with one attached hydrogen (secondary N) is 2. The van der Waals surface area contributed by atoms with Crippen molar-refractivity contribution in [1.29, 1.82) is 0 Å². The minimum Gasteiger partial charge on any atom is -0.494 e. The Kier molecular flexibility index (Phi) is 5.16. The van der Waals surface area contributed by atoms with Crippen LogP contribution in [-0.2, 0) is 11.3 Å². The van der Waals surface area contributed by atoms with Crippen LogP contribution in [0, 0.1) is 0 Å². The van der Waals surface area contributed by atoms with Crippen LogP contribution in [0.1, 0.15) is 12.5 Å². The van der Waals surface area contributed by atoms with E-state index >= 15 is 0 Å². The summed E-state index contributed by atoms with van der Waals surface area (Å²) in [7, 11) is 1.95. The number of benzene rings is 1. The summed E-state index contributed by atoms with van der Waals surface area (Å²) in [6.45, 7) is 4.65. The summed E-state index contributed by atoms with van der Waals surface area (Å²) in [6.07, 6.45) is 0. The van der Waals surface area contributed by atoms with Crippen molar-refractivity contribution in [2.24, 2.45) is 0 Å². The minimum atomic E-state index is -0.283. The molecule has 1 aliphatic heterocycles. The molecule has 114 valence electrons. The third kappa shape index (κ3) is 4.19. The summed E-state index contributed by atoms with van der Waals surface area (Å²) in [4.78, 5) is 25.8. The Balaban J connectivity index is 1.84. The largest absolute Gasteiger partial charge is 0.494 e. The predicted octanol–water partition coefficient (Wildman–Crippen LogP) is -0.348. The molecular weight excluding hydrogens is 270 g/mol. The first-order chi connectivity index (χ1) is 10.1. The molecule has 2 N–H and O–H groups in total. The monoisotopic (exact) mass is 292 g/mol. The first kappa shape index (κ1) is 15.3. The van der Waals surface area contributed by atoms with Crippen molar-refractivity contribution in [1.82, 2.24) is 10.2 Å². The molecule has 1 heterocycles. The number of urea groups is 1. The smallest absolute Gasteiger partial charge is 0.324 e. The Morgan fingerprint density at radius 2 is 2.10 bits per heavy atom. The van der Waals surface area contributed by atoms with Gasteiger partial charge in [0, 0.05) is 18.7 Å². The Labute approximate surface area is 124 Å². The van der Waals surface area contributed by atoms with Gasteiger partial charge in [-0.15, -0.1) is 0 Å². The fraction of sp³-hybridized carbons (Fsp3) is 0.467. The third-order valence-corrected chi connectivity index (χ3v) is 3.35. The van der Waals surface area contributed by atoms with Gasteiger partial charge in [0.15, 0.2) is 6.54 Å². The van der Waals surface area contributed by atoms with Crippen LogP contribution in [0.2, 0.25) is 0 Å². The molecule has 0 saturated carbocycles. The van der Waals surface area contributed by atoms with E-state index in [1.165, 1.54) is 4.90 Å². The summed E-state index contributed by atoms with van der Waals surface area (Å²) in [5.41, 5.74) is 1.13. The van der Waals surface area contributed by atoms with Crippen LogP contribution in [0.4, 0.5) is 4.79 Å². The van der Waals surface area contributed by atoms with E-state index < -0.39 is 0 Å². The van der Waals surface area contributed by atoms with Gasteiger partial charge in [-0.3, -0.25) is 9.69 Å². The highest BCUT2D eigenvalue weighted by atomic mass is 16.5. The maximum absolute atomic E-state index is 12.0. The molecule has 0 bridgehead atoms. The molecular formula is C15H22N3O3+. The summed E-state index contributed by atoms with van der Waals surface area (Å²) in [6, 6.07) is 7.58. The van der Waals surface area contributed by atoms with Crippen LogP contribution >= 0.6 is 0 Å². The maximum Gasteiger partial charge on any atom is 0.324 e. The van der Waals surface area contributed by atoms with Gasteiger partial charge in [0.05, 0.1) is 13.7 Å². The number of hydrogen-bond acceptors (Lipinski definition) is 3. The second kappa shape index (κ2) is 7.08. The highest BCUT2D eigenvalue weighted by molar-refractivity contribution is 5.96. The SMILES string of the molecule is CCOc1ccc(C[NH+](C)CC(=O)N2CCNC2=O)cc1. The van der Waals surface area contributed by atoms with Gasteiger partial charge in [-0.1, -0.05) is 0 Å². The van der Waals surface area contributed by atoms with Crippen LogP contribution in [0.25, 0.3) is 0 Å². The van der Waals surface area contributed by atoms with Gasteiger partial charge < -0.3 is 15.0 Å². The van der Waals surface area contributed by atoms with Crippen molar-refractivity contribution < 1.29 is 19.2 Å². The normalized spacial score (nSPS) is 15.7. The summed E-state index contributed by atoms with van der Waals surface area (Å²) < 4.78 is 5.40. The number of quaternary nitrogens is 1. The molecule has 0 aliphatic carbocycles. The molecule has 2 rings (SSSR count). The molecule has 6 heteroatoms. The first-order valence-corrected chi connectivity index (χ1v) is 7.21. The number of amides is 3. The van der Waals surface area contributed by atoms with Gasteiger partial charge in [-0.25, -0.2) is 4.79 Å². The molecule has 1 aliphatic rings. The van der Waals surface area contributed by atoms with Crippen LogP contribution in [0.5, 0.6) is 5.75 Å². The molecule has 1 saturated heterocycles. The highest BCUT2D eigenvalue weighted by Crippen LogP contribution is 2.11. The maximum atomic E-state index is 12.0. The molecule has 0 radical (unpaired) electrons. The Hall–Kier alpha value is -2.08. The molecule has 1 unspecified atom stereocenters. The van der Waals surface area contributed by atoms with Gasteiger partial charge in [-0.2, -0.15) is 0 Å². The number of hydrogen-bond donors (Lipinski definition) is 2. The minimum absolute atomic E-state index is 0.131. The van der Waals surface area contributed by atoms with E-state index in [1.54, 1.807) is 0 Å². The second-order valence-corrected chi connectivity index (χ2v) is 5.16. The van der Waals surface area contributed by atoms with Crippen molar-refractivity contribution >= 4 is 11.9 Å². The van der Waals surface area contributed by atoms with E-state index in [0.29, 0.717) is 26.2 Å². The highest BCUT2D eigenvalue weighted by Gasteiger charge is 2.27. The van der Waals surface area contributed by atoms with Gasteiger partial charge in [0.1, 0.15) is 12.3 Å². The first-order valence-electron chi connectivity index (χ1n) is 7.21. The van der Waals surface area contributed by atoms with E-state index in [0.717, 1.165) is 22.8 Å². The van der Waals surface area contributed by atoms with Crippen LogP contribution in [-0.4, -0.2) is 50.1 Å². The van der Waals surface area contributed by atoms with Gasteiger partial charge in [0.25, 0.3) is 5.91 Å². The number of rotatable bonds is 6. The van der Waals surface area contributed by atoms with E-state index in [4.69, 9.17) is 4.74 Å². The third-order valence-electron chi connectivity index (χ3n) is 3.35. The quantitative estimate of drug-likeness (QED) is 0.753. The molecule has 1 aromatic rings. The van der Waals surface area contributed by atoms with Crippen molar-refractivity contribution in [3.05, 3.63) is 29.8 Å². The number of ether oxygens (including phenoxy) is 1. The van der Waals surface area contributed by atoms with E-state index in [2.05, 4.69) is 5.32 Å². The van der Waals surface area contributed by atoms with Gasteiger partial charge >= 0.3 is 6.03 Å². The molecule has 0 aromatic heterocycles. The van der Waals surface area contributed by atoms with Crippen LogP contribution < -0.4 is 15.0 Å². The molecule has 1 atom stereocenters. The molecule has 1 aromatic carbocycles. The fourth-order valence-electron chi connectivity index (χ4n) is 2.34. The van der Waals surface area contributed by atoms with Crippen LogP contribution in [0.3, 0.4) is 0 Å². The van der Waals surface area contributed by atoms with E-state index in [9.17, 15) is 9.59 Å². The lowest BCUT2D eigenvalue weighted by Gasteiger charge is -2.17. The fourth-order valence-corrected chi connectivity index (χ4v) is 2.34. The lowest BCUT2D eigenvalue weighted by atomic mass is 10.2. The Bertz CT molecular complexity index is 501. The molecule has 0 spiro atoms. The van der Waals surface area contributed by atoms with Crippen molar-refractivity contribution in [3.63, 3.8) is 0 Å². The van der Waals surface area contributed by atoms with Gasteiger partial charge in [0.2, 0.25) is 0 Å². The topological polar surface area (TPSA) is 63.1 Å². The zero-order chi connectivity index (χ0) is 15.2. The lowest BCUT2D eigenvalue weighted by Crippen LogP contribution is -3.08. The lowest BCUT2D eigenvalue weighted by molar-refractivity contribution is -0.885. The second-order valence-electron chi connectivity index (χ2n) is 5.16. The number of imide groups is 1. The number of carbonyl (C=O) groups is 2. The Morgan fingerprint density at radius 1 is 1.38 bits per heavy atom. The molecule has 1 fully saturated rings. The summed E-state index contributed by atoms with van der Waals surface area (Å²) >= 11 is 0. The van der Waals surface area contributed by atoms with Crippen molar-refractivity contribution in [2.75, 3.05) is 33.3 Å². The van der Waals surface area contributed by atoms with Crippen LogP contribution in [0.15, 0.2) is 24.3 Å². The standard InChI is InChI=1S/C15H21N3O3/c1-3-21-13-6-4-12(5-7-13)10-17(2)11-14(19)18-9-8-16-15(18)20/h4-7H,3,8-11H2,1-2H3,(H,16,20)/p+1. The molecule has 21 heavy (non-hydrogen) atoms. The molecule has 3 amide bonds. The average Bonchev–Trinajstić information content (AvgIpc) is 2.87. The zero-order valence-electron chi connectivity index (χ0n) is 12.5. The van der Waals surface area contributed by atoms with Crippen molar-refractivity contribution in [3.8, 4) is 5.75 Å². The summed E-state index contributed by atoms with van der Waals surface area (Å²) in [5.74, 6) is 0.720.